The largest absolute Gasteiger partial charge is 0.508 e. The molecule has 4 aliphatic rings. The van der Waals surface area contributed by atoms with Crippen molar-refractivity contribution in [3.05, 3.63) is 119 Å². The fourth-order valence-electron chi connectivity index (χ4n) is 16.8. The maximum atomic E-state index is 15.7. The first-order valence-electron chi connectivity index (χ1n) is 43.8. The van der Waals surface area contributed by atoms with Crippen molar-refractivity contribution < 1.29 is 86.9 Å². The lowest BCUT2D eigenvalue weighted by atomic mass is 10.0. The Balaban J connectivity index is 0.986. The van der Waals surface area contributed by atoms with Crippen molar-refractivity contribution in [2.24, 2.45) is 23.1 Å². The van der Waals surface area contributed by atoms with Gasteiger partial charge < -0.3 is 115 Å². The number of nitrogens with two attached hydrogens (primary N) is 3. The third kappa shape index (κ3) is 26.8. The minimum absolute atomic E-state index is 0.0123. The summed E-state index contributed by atoms with van der Waals surface area (Å²) in [5.41, 5.74) is 19.9. The quantitative estimate of drug-likeness (QED) is 0.0378. The van der Waals surface area contributed by atoms with E-state index in [0.29, 0.717) is 65.4 Å². The number of rotatable bonds is 22. The fraction of sp³-hybridized carbons (Fsp3) is 0.534. The zero-order valence-corrected chi connectivity index (χ0v) is 75.1. The van der Waals surface area contributed by atoms with Crippen LogP contribution in [0.1, 0.15) is 134 Å². The summed E-state index contributed by atoms with van der Waals surface area (Å²) < 4.78 is 0.862. The van der Waals surface area contributed by atoms with E-state index in [0.717, 1.165) is 31.6 Å². The van der Waals surface area contributed by atoms with Crippen LogP contribution in [0.2, 0.25) is 0 Å². The summed E-state index contributed by atoms with van der Waals surface area (Å²) in [6, 6.07) is 1.28. The molecule has 0 saturated carbocycles. The van der Waals surface area contributed by atoms with Crippen molar-refractivity contribution in [1.29, 1.82) is 0 Å². The number of phenols is 1. The molecule has 10 rings (SSSR count). The second kappa shape index (κ2) is 47.3. The summed E-state index contributed by atoms with van der Waals surface area (Å²) in [4.78, 5) is 251. The molecular weight excluding hydrogens is 1700 g/mol. The summed E-state index contributed by atoms with van der Waals surface area (Å²) in [6.07, 6.45) is 5.81. The minimum Gasteiger partial charge on any atom is -0.508 e. The predicted octanol–water partition coefficient (Wildman–Crippen LogP) is -1.24. The molecule has 4 aliphatic heterocycles. The molecule has 6 aromatic rings. The first-order chi connectivity index (χ1) is 61.7. The van der Waals surface area contributed by atoms with Crippen molar-refractivity contribution in [3.63, 3.8) is 0 Å². The first-order valence-corrected chi connectivity index (χ1v) is 45.9. The number of aliphatic hydroxyl groups is 1. The van der Waals surface area contributed by atoms with E-state index in [4.69, 9.17) is 17.2 Å². The molecule has 0 radical (unpaired) electrons. The van der Waals surface area contributed by atoms with Gasteiger partial charge in [0.25, 0.3) is 0 Å². The molecule has 129 heavy (non-hydrogen) atoms. The minimum atomic E-state index is -1.79. The van der Waals surface area contributed by atoms with E-state index in [9.17, 15) is 53.4 Å². The molecule has 41 heteroatoms. The van der Waals surface area contributed by atoms with Crippen molar-refractivity contribution in [2.75, 3.05) is 71.5 Å². The lowest BCUT2D eigenvalue weighted by Gasteiger charge is -2.35. The average Bonchev–Trinajstić information content (AvgIpc) is 1.73. The highest BCUT2D eigenvalue weighted by Gasteiger charge is 2.46. The van der Waals surface area contributed by atoms with Crippen LogP contribution in [0.25, 0.3) is 21.0 Å². The normalized spacial score (nSPS) is 25.3. The van der Waals surface area contributed by atoms with Crippen molar-refractivity contribution >= 4 is 139 Å². The lowest BCUT2D eigenvalue weighted by molar-refractivity contribution is -0.149. The number of benzene rings is 3. The molecule has 4 fully saturated rings. The topological polar surface area (TPSA) is 573 Å². The maximum Gasteiger partial charge on any atom is 0.246 e. The second-order valence-corrected chi connectivity index (χ2v) is 35.7. The number of phenolic OH excluding ortho intramolecular Hbond substituents is 1. The molecule has 7 heterocycles. The number of carbonyl (C=O) groups excluding carboxylic acids is 16. The zero-order valence-electron chi connectivity index (χ0n) is 73.4. The Morgan fingerprint density at radius 1 is 0.581 bits per heavy atom. The van der Waals surface area contributed by atoms with E-state index in [-0.39, 0.29) is 121 Å². The standard InChI is InChI=1S/C88H121N21O18S2/c1-7-8-21-71-88(127)109-33-16-22-68(109)81(120)97-54(17-13-30-89)42-94-67(77(116)95-43-74(91)113)46-128-47-75(114)98-63(35-51-26-28-56(111)29-27-51)84(123)105(5)50(4)76(115)101-65(39-73(90)112)87(126)108-32-15-24-70(108)83(122)100-61(38-55-41-92-48-96-55)79(118)102-62(34-49(2)3)86(125)107-31-14-23-69(107)82(121)99-60(36-52-40-93-59-20-11-9-18-57(52)59)78(117)104-66(44-110)80(119)103-64(85(124)106(71)6)37-53-45-129-72-25-12-10-19-58(53)72/h9-12,18-20,25-29,40-41,45,48-50,54,60-71,93-94,110-111H,7-8,13-17,21-24,30-39,42-44,46-47,89H2,1-6H3,(H2,90,112)(H2,91,113)(H,92,96)(H,95,116)(H,97,120)(H,98,114)(H,99,121)(H,100,122)(H,101,115)(H,102,118)(H,103,119)(H,104,117)/t50-,54-,60-,61-,62-,63-,64-,65-,66-,67-,68+,69-,70-,71-/m0/s1. The summed E-state index contributed by atoms with van der Waals surface area (Å²) in [7, 11) is 2.69. The molecule has 0 spiro atoms. The molecule has 698 valence electrons. The number of imidazole rings is 1. The highest BCUT2D eigenvalue weighted by atomic mass is 32.2. The lowest BCUT2D eigenvalue weighted by Crippen LogP contribution is -2.61. The molecule has 0 aliphatic carbocycles. The predicted molar refractivity (Wildman–Crippen MR) is 480 cm³/mol. The van der Waals surface area contributed by atoms with Gasteiger partial charge in [-0.1, -0.05) is 82.1 Å². The van der Waals surface area contributed by atoms with Crippen LogP contribution in [-0.4, -0.2) is 300 Å². The van der Waals surface area contributed by atoms with Crippen LogP contribution >= 0.6 is 23.1 Å². The number of nitrogens with zero attached hydrogens (tertiary/aromatic N) is 6. The Morgan fingerprint density at radius 3 is 1.75 bits per heavy atom. The molecule has 3 aromatic carbocycles. The number of fused-ring (bicyclic) bond motifs is 5. The van der Waals surface area contributed by atoms with Crippen LogP contribution in [0.5, 0.6) is 5.75 Å². The van der Waals surface area contributed by atoms with E-state index in [2.05, 4.69) is 68.1 Å². The number of aromatic amines is 2. The molecule has 39 nitrogen and oxygen atoms in total. The van der Waals surface area contributed by atoms with E-state index in [1.165, 1.54) is 83.8 Å². The SMILES string of the molecule is CCCC[C@H]1C(=O)N2CCC[C@@H]2C(=O)N[C@@H](CCCN)CN[C@H](C(=O)NCC(N)=O)CSCC(=O)N[C@@H](Cc2ccc(O)cc2)C(=O)N(C)[C@@H](C)C(=O)N[C@@H](CC(N)=O)C(=O)N2CCC[C@H]2C(=O)N[C@@H](Cc2cnc[nH]2)C(=O)N[C@@H](CC(C)C)C(=O)N2CCC[C@H]2C(=O)N[C@@H](Cc2c[nH]c3ccccc23)C(=O)N[C@@H](CO)C(=O)N[C@@H](Cc2csc3ccccc23)C(=O)N1C. The molecule has 3 aromatic heterocycles. The Bertz CT molecular complexity index is 4970. The number of unbranched alkanes of at least 4 members (excludes halogenated alkanes) is 1. The van der Waals surface area contributed by atoms with E-state index >= 15 is 33.6 Å². The maximum absolute atomic E-state index is 15.7. The van der Waals surface area contributed by atoms with Gasteiger partial charge in [0.2, 0.25) is 94.5 Å². The number of amides is 16. The van der Waals surface area contributed by atoms with E-state index in [1.807, 2.05) is 42.6 Å². The number of aromatic nitrogens is 3. The van der Waals surface area contributed by atoms with Crippen LogP contribution < -0.4 is 70.4 Å². The van der Waals surface area contributed by atoms with Gasteiger partial charge in [0.05, 0.1) is 37.7 Å². The number of aromatic hydroxyl groups is 1. The van der Waals surface area contributed by atoms with Gasteiger partial charge in [0.15, 0.2) is 0 Å². The number of thiophene rings is 1. The monoisotopic (exact) mass is 1820 g/mol. The van der Waals surface area contributed by atoms with Gasteiger partial charge in [-0.2, -0.15) is 0 Å². The third-order valence-electron chi connectivity index (χ3n) is 23.8. The summed E-state index contributed by atoms with van der Waals surface area (Å²) in [5, 5.41) is 52.6. The van der Waals surface area contributed by atoms with Crippen LogP contribution in [0.3, 0.4) is 0 Å². The molecule has 16 amide bonds. The molecular formula is C88H121N21O18S2. The Morgan fingerprint density at radius 2 is 1.14 bits per heavy atom. The number of likely N-dealkylation sites (N-methyl/N-ethyl adjacent to an activating group) is 2. The summed E-state index contributed by atoms with van der Waals surface area (Å²) >= 11 is 2.34. The molecule has 0 bridgehead atoms. The third-order valence-corrected chi connectivity index (χ3v) is 25.9. The number of nitrogens with one attached hydrogen (secondary N) is 12. The average molecular weight is 1830 g/mol. The van der Waals surface area contributed by atoms with E-state index in [1.54, 1.807) is 38.2 Å². The number of hydrogen-bond acceptors (Lipinski definition) is 23. The van der Waals surface area contributed by atoms with Gasteiger partial charge in [-0.05, 0) is 135 Å². The second-order valence-electron chi connectivity index (χ2n) is 33.7. The van der Waals surface area contributed by atoms with Crippen LogP contribution in [-0.2, 0) is 102 Å². The molecule has 20 N–H and O–H groups in total. The number of primary amides is 2. The number of thioether (sulfide) groups is 1. The highest BCUT2D eigenvalue weighted by Crippen LogP contribution is 2.31. The highest BCUT2D eigenvalue weighted by molar-refractivity contribution is 8.00. The van der Waals surface area contributed by atoms with Gasteiger partial charge >= 0.3 is 0 Å². The number of carbonyl (C=O) groups is 16. The van der Waals surface area contributed by atoms with Crippen molar-refractivity contribution in [2.45, 2.75) is 221 Å². The summed E-state index contributed by atoms with van der Waals surface area (Å²) in [5.74, 6) is -14.0. The number of aliphatic hydroxyl groups excluding tert-OH is 1. The van der Waals surface area contributed by atoms with Gasteiger partial charge in [-0.15, -0.1) is 23.1 Å². The van der Waals surface area contributed by atoms with Crippen molar-refractivity contribution in [3.8, 4) is 5.75 Å². The summed E-state index contributed by atoms with van der Waals surface area (Å²) in [6.45, 7) is 5.36. The van der Waals surface area contributed by atoms with Crippen molar-refractivity contribution in [1.82, 2.24) is 92.6 Å². The van der Waals surface area contributed by atoms with E-state index < -0.39 is 204 Å². The first kappa shape index (κ1) is 99.1. The molecule has 0 unspecified atom stereocenters. The van der Waals surface area contributed by atoms with Gasteiger partial charge in [0.1, 0.15) is 78.3 Å². The van der Waals surface area contributed by atoms with Gasteiger partial charge in [-0.25, -0.2) is 4.98 Å². The number of para-hydroxylation sites is 1. The number of H-pyrrole nitrogens is 2. The number of hydrogen-bond donors (Lipinski definition) is 17. The van der Waals surface area contributed by atoms with Crippen LogP contribution in [0, 0.1) is 5.92 Å². The van der Waals surface area contributed by atoms with Gasteiger partial charge in [0, 0.05) is 111 Å². The Labute approximate surface area is 755 Å². The Hall–Kier alpha value is -12.1. The zero-order chi connectivity index (χ0) is 93.3. The van der Waals surface area contributed by atoms with Gasteiger partial charge in [-0.3, -0.25) is 76.7 Å². The molecule has 14 atom stereocenters. The fourth-order valence-corrected chi connectivity index (χ4v) is 18.6. The smallest absolute Gasteiger partial charge is 0.246 e. The van der Waals surface area contributed by atoms with Crippen LogP contribution in [0.4, 0.5) is 0 Å². The molecule has 4 saturated heterocycles. The Kier molecular flexibility index (Phi) is 36.3. The van der Waals surface area contributed by atoms with Crippen LogP contribution in [0.15, 0.2) is 96.9 Å².